The lowest BCUT2D eigenvalue weighted by Crippen LogP contribution is -2.43. The van der Waals surface area contributed by atoms with E-state index in [-0.39, 0.29) is 11.8 Å². The van der Waals surface area contributed by atoms with E-state index in [0.29, 0.717) is 18.5 Å². The van der Waals surface area contributed by atoms with Crippen LogP contribution in [0, 0.1) is 5.92 Å². The molecule has 1 aromatic rings. The number of pyridine rings is 1. The van der Waals surface area contributed by atoms with Gasteiger partial charge in [-0.3, -0.25) is 4.79 Å². The van der Waals surface area contributed by atoms with Crippen molar-refractivity contribution in [1.29, 1.82) is 0 Å². The molecule has 5 nitrogen and oxygen atoms in total. The molecule has 1 aliphatic heterocycles. The van der Waals surface area contributed by atoms with Gasteiger partial charge in [-0.05, 0) is 61.8 Å². The highest BCUT2D eigenvalue weighted by atomic mass is 79.9. The molecule has 1 saturated heterocycles. The molecule has 1 fully saturated rings. The van der Waals surface area contributed by atoms with Gasteiger partial charge in [-0.2, -0.15) is 0 Å². The molecule has 2 rings (SSSR count). The quantitative estimate of drug-likeness (QED) is 0.866. The molecule has 0 atom stereocenters. The van der Waals surface area contributed by atoms with Crippen LogP contribution < -0.4 is 10.1 Å². The van der Waals surface area contributed by atoms with Crippen molar-refractivity contribution in [3.05, 3.63) is 22.3 Å². The number of methoxy groups -OCH3 is 1. The molecule has 0 aromatic carbocycles. The second-order valence-electron chi connectivity index (χ2n) is 5.94. The predicted octanol–water partition coefficient (Wildman–Crippen LogP) is 2.59. The van der Waals surface area contributed by atoms with E-state index in [4.69, 9.17) is 4.74 Å². The van der Waals surface area contributed by atoms with Crippen LogP contribution in [0.1, 0.15) is 32.3 Å². The van der Waals surface area contributed by atoms with Gasteiger partial charge in [0.1, 0.15) is 0 Å². The third-order valence-electron chi connectivity index (χ3n) is 4.17. The van der Waals surface area contributed by atoms with Crippen LogP contribution in [0.3, 0.4) is 0 Å². The van der Waals surface area contributed by atoms with Crippen LogP contribution in [0.25, 0.3) is 0 Å². The second kappa shape index (κ2) is 7.92. The first-order valence-corrected chi connectivity index (χ1v) is 8.50. The van der Waals surface area contributed by atoms with Crippen LogP contribution in [-0.2, 0) is 11.3 Å². The van der Waals surface area contributed by atoms with Crippen molar-refractivity contribution in [1.82, 2.24) is 15.2 Å². The van der Waals surface area contributed by atoms with E-state index in [9.17, 15) is 4.79 Å². The number of carbonyl (C=O) groups excluding carboxylic acids is 1. The summed E-state index contributed by atoms with van der Waals surface area (Å²) in [7, 11) is 1.59. The number of carbonyl (C=O) groups is 1. The van der Waals surface area contributed by atoms with Crippen molar-refractivity contribution in [2.24, 2.45) is 5.92 Å². The third-order valence-corrected chi connectivity index (χ3v) is 4.60. The molecule has 6 heteroatoms. The Kier molecular flexibility index (Phi) is 6.20. The summed E-state index contributed by atoms with van der Waals surface area (Å²) in [6, 6.07) is 2.48. The Morgan fingerprint density at radius 2 is 2.18 bits per heavy atom. The van der Waals surface area contributed by atoms with Gasteiger partial charge in [-0.15, -0.1) is 0 Å². The van der Waals surface area contributed by atoms with Crippen molar-refractivity contribution >= 4 is 21.8 Å². The summed E-state index contributed by atoms with van der Waals surface area (Å²) in [5, 5.41) is 3.02. The Hall–Kier alpha value is -1.14. The summed E-state index contributed by atoms with van der Waals surface area (Å²) in [5.74, 6) is 0.796. The van der Waals surface area contributed by atoms with Crippen LogP contribution in [-0.4, -0.2) is 42.0 Å². The molecule has 0 aliphatic carbocycles. The van der Waals surface area contributed by atoms with Gasteiger partial charge in [-0.25, -0.2) is 4.98 Å². The lowest BCUT2D eigenvalue weighted by Gasteiger charge is -2.33. The highest BCUT2D eigenvalue weighted by Gasteiger charge is 2.25. The maximum absolute atomic E-state index is 12.3. The van der Waals surface area contributed by atoms with Crippen molar-refractivity contribution in [3.8, 4) is 5.88 Å². The fourth-order valence-electron chi connectivity index (χ4n) is 2.78. The molecule has 0 radical (unpaired) electrons. The minimum atomic E-state index is 0.112. The highest BCUT2D eigenvalue weighted by molar-refractivity contribution is 9.10. The molecule has 0 spiro atoms. The average Bonchev–Trinajstić information content (AvgIpc) is 2.52. The molecule has 0 saturated carbocycles. The fourth-order valence-corrected chi connectivity index (χ4v) is 3.16. The van der Waals surface area contributed by atoms with Gasteiger partial charge in [0.05, 0.1) is 7.11 Å². The highest BCUT2D eigenvalue weighted by Crippen LogP contribution is 2.21. The largest absolute Gasteiger partial charge is 0.481 e. The molecule has 2 heterocycles. The Morgan fingerprint density at radius 3 is 2.77 bits per heavy atom. The van der Waals surface area contributed by atoms with Gasteiger partial charge in [0, 0.05) is 34.7 Å². The van der Waals surface area contributed by atoms with Gasteiger partial charge in [0.25, 0.3) is 0 Å². The SMILES string of the molecule is COc1ncc(Br)cc1CNC(=O)C1CCN(C(C)C)CC1. The third kappa shape index (κ3) is 4.43. The van der Waals surface area contributed by atoms with Gasteiger partial charge < -0.3 is 15.0 Å². The van der Waals surface area contributed by atoms with Gasteiger partial charge >= 0.3 is 0 Å². The maximum Gasteiger partial charge on any atom is 0.223 e. The fraction of sp³-hybridized carbons (Fsp3) is 0.625. The van der Waals surface area contributed by atoms with Crippen molar-refractivity contribution in [2.75, 3.05) is 20.2 Å². The monoisotopic (exact) mass is 369 g/mol. The Bertz CT molecular complexity index is 514. The van der Waals surface area contributed by atoms with Crippen molar-refractivity contribution in [2.45, 2.75) is 39.3 Å². The molecule has 1 amide bonds. The molecular formula is C16H24BrN3O2. The minimum Gasteiger partial charge on any atom is -0.481 e. The molecule has 1 aromatic heterocycles. The molecular weight excluding hydrogens is 346 g/mol. The van der Waals surface area contributed by atoms with Gasteiger partial charge in [0.2, 0.25) is 11.8 Å². The molecule has 0 unspecified atom stereocenters. The van der Waals surface area contributed by atoms with E-state index in [1.54, 1.807) is 13.3 Å². The lowest BCUT2D eigenvalue weighted by molar-refractivity contribution is -0.126. The summed E-state index contributed by atoms with van der Waals surface area (Å²) in [6.45, 7) is 6.84. The van der Waals surface area contributed by atoms with Crippen LogP contribution in [0.5, 0.6) is 5.88 Å². The standard InChI is InChI=1S/C16H24BrN3O2/c1-11(2)20-6-4-12(5-7-20)15(21)18-9-13-8-14(17)10-19-16(13)22-3/h8,10-12H,4-7,9H2,1-3H3,(H,18,21). The maximum atomic E-state index is 12.3. The number of nitrogens with zero attached hydrogens (tertiary/aromatic N) is 2. The number of hydrogen-bond acceptors (Lipinski definition) is 4. The molecule has 1 N–H and O–H groups in total. The summed E-state index contributed by atoms with van der Waals surface area (Å²) in [6.07, 6.45) is 3.54. The number of halogens is 1. The second-order valence-corrected chi connectivity index (χ2v) is 6.86. The number of nitrogens with one attached hydrogen (secondary N) is 1. The van der Waals surface area contributed by atoms with E-state index in [2.05, 4.69) is 45.0 Å². The Balaban J connectivity index is 1.87. The summed E-state index contributed by atoms with van der Waals surface area (Å²) in [5.41, 5.74) is 0.879. The molecule has 22 heavy (non-hydrogen) atoms. The van der Waals surface area contributed by atoms with E-state index in [1.807, 2.05) is 6.07 Å². The molecule has 122 valence electrons. The van der Waals surface area contributed by atoms with Crippen molar-refractivity contribution in [3.63, 3.8) is 0 Å². The van der Waals surface area contributed by atoms with E-state index in [0.717, 1.165) is 36.0 Å². The number of ether oxygens (including phenoxy) is 1. The number of hydrogen-bond donors (Lipinski definition) is 1. The minimum absolute atomic E-state index is 0.112. The first-order valence-electron chi connectivity index (χ1n) is 7.71. The van der Waals surface area contributed by atoms with Crippen LogP contribution in [0.15, 0.2) is 16.7 Å². The first-order chi connectivity index (χ1) is 10.5. The smallest absolute Gasteiger partial charge is 0.223 e. The zero-order valence-electron chi connectivity index (χ0n) is 13.4. The topological polar surface area (TPSA) is 54.5 Å². The Labute approximate surface area is 140 Å². The van der Waals surface area contributed by atoms with Crippen LogP contribution in [0.2, 0.25) is 0 Å². The zero-order valence-corrected chi connectivity index (χ0v) is 15.0. The van der Waals surface area contributed by atoms with Gasteiger partial charge in [0.15, 0.2) is 0 Å². The Morgan fingerprint density at radius 1 is 1.50 bits per heavy atom. The predicted molar refractivity (Wildman–Crippen MR) is 89.8 cm³/mol. The van der Waals surface area contributed by atoms with E-state index < -0.39 is 0 Å². The average molecular weight is 370 g/mol. The number of piperidine rings is 1. The van der Waals surface area contributed by atoms with Crippen LogP contribution in [0.4, 0.5) is 0 Å². The number of aromatic nitrogens is 1. The number of rotatable bonds is 5. The first kappa shape index (κ1) is 17.2. The summed E-state index contributed by atoms with van der Waals surface area (Å²) < 4.78 is 6.11. The normalized spacial score (nSPS) is 16.8. The van der Waals surface area contributed by atoms with Crippen molar-refractivity contribution < 1.29 is 9.53 Å². The van der Waals surface area contributed by atoms with E-state index in [1.165, 1.54) is 0 Å². The van der Waals surface area contributed by atoms with Gasteiger partial charge in [-0.1, -0.05) is 0 Å². The molecule has 1 aliphatic rings. The molecule has 0 bridgehead atoms. The van der Waals surface area contributed by atoms with E-state index >= 15 is 0 Å². The summed E-state index contributed by atoms with van der Waals surface area (Å²) >= 11 is 3.39. The number of likely N-dealkylation sites (tertiary alicyclic amines) is 1. The lowest BCUT2D eigenvalue weighted by atomic mass is 9.95. The zero-order chi connectivity index (χ0) is 16.1. The summed E-state index contributed by atoms with van der Waals surface area (Å²) in [4.78, 5) is 18.9. The number of amides is 1. The van der Waals surface area contributed by atoms with Crippen LogP contribution >= 0.6 is 15.9 Å².